The highest BCUT2D eigenvalue weighted by Crippen LogP contribution is 2.30. The number of thioether (sulfide) groups is 1. The molecule has 3 N–H and O–H groups in total. The van der Waals surface area contributed by atoms with Gasteiger partial charge in [0.15, 0.2) is 11.5 Å². The zero-order valence-electron chi connectivity index (χ0n) is 15.2. The van der Waals surface area contributed by atoms with Crippen LogP contribution < -0.4 is 26.2 Å². The molecule has 0 spiro atoms. The Morgan fingerprint density at radius 1 is 1.11 bits per heavy atom. The number of aromatic nitrogens is 3. The Kier molecular flexibility index (Phi) is 6.27. The van der Waals surface area contributed by atoms with E-state index in [-0.39, 0.29) is 5.82 Å². The van der Waals surface area contributed by atoms with E-state index in [4.69, 9.17) is 26.9 Å². The van der Waals surface area contributed by atoms with Gasteiger partial charge in [-0.1, -0.05) is 29.4 Å². The summed E-state index contributed by atoms with van der Waals surface area (Å²) in [6, 6.07) is 12.4. The Morgan fingerprint density at radius 3 is 2.50 bits per heavy atom. The summed E-state index contributed by atoms with van der Waals surface area (Å²) in [4.78, 5) is 12.5. The van der Waals surface area contributed by atoms with E-state index < -0.39 is 5.56 Å². The van der Waals surface area contributed by atoms with Crippen LogP contribution in [0.1, 0.15) is 5.56 Å². The number of methoxy groups -OCH3 is 2. The molecule has 28 heavy (non-hydrogen) atoms. The molecule has 10 heteroatoms. The standard InChI is InChI=1S/C18H18ClN5O3S/c1-26-14-8-3-11(9-15(14)27-2)10-28-18-23-22-16(17(25)24(18)20)21-13-6-4-12(19)5-7-13/h3-9H,10,20H2,1-2H3,(H,21,22). The molecular weight excluding hydrogens is 402 g/mol. The third-order valence-corrected chi connectivity index (χ3v) is 5.05. The monoisotopic (exact) mass is 419 g/mol. The molecule has 3 rings (SSSR count). The number of benzene rings is 2. The Morgan fingerprint density at radius 2 is 1.82 bits per heavy atom. The first-order valence-electron chi connectivity index (χ1n) is 8.13. The van der Waals surface area contributed by atoms with Crippen molar-refractivity contribution in [3.63, 3.8) is 0 Å². The molecule has 0 radical (unpaired) electrons. The van der Waals surface area contributed by atoms with Crippen molar-refractivity contribution < 1.29 is 9.47 Å². The number of hydrogen-bond acceptors (Lipinski definition) is 8. The zero-order chi connectivity index (χ0) is 20.1. The zero-order valence-corrected chi connectivity index (χ0v) is 16.8. The van der Waals surface area contributed by atoms with E-state index >= 15 is 0 Å². The van der Waals surface area contributed by atoms with Gasteiger partial charge in [-0.05, 0) is 42.0 Å². The van der Waals surface area contributed by atoms with Crippen LogP contribution in [-0.4, -0.2) is 29.1 Å². The van der Waals surface area contributed by atoms with Gasteiger partial charge in [-0.2, -0.15) is 4.68 Å². The van der Waals surface area contributed by atoms with Crippen molar-refractivity contribution in [3.8, 4) is 11.5 Å². The van der Waals surface area contributed by atoms with Crippen LogP contribution >= 0.6 is 23.4 Å². The molecule has 8 nitrogen and oxygen atoms in total. The first kappa shape index (κ1) is 19.8. The SMILES string of the molecule is COc1ccc(CSc2nnc(Nc3ccc(Cl)cc3)c(=O)n2N)cc1OC. The number of rotatable bonds is 7. The largest absolute Gasteiger partial charge is 0.493 e. The molecule has 0 unspecified atom stereocenters. The smallest absolute Gasteiger partial charge is 0.315 e. The Labute approximate surface area is 170 Å². The number of halogens is 1. The van der Waals surface area contributed by atoms with E-state index in [1.807, 2.05) is 18.2 Å². The predicted octanol–water partition coefficient (Wildman–Crippen LogP) is 3.06. The van der Waals surface area contributed by atoms with Crippen molar-refractivity contribution in [2.24, 2.45) is 0 Å². The molecule has 1 heterocycles. The quantitative estimate of drug-likeness (QED) is 0.444. The molecule has 0 aliphatic rings. The van der Waals surface area contributed by atoms with Crippen molar-refractivity contribution in [2.75, 3.05) is 25.4 Å². The molecule has 0 saturated carbocycles. The first-order valence-corrected chi connectivity index (χ1v) is 9.49. The molecule has 0 bridgehead atoms. The molecule has 0 saturated heterocycles. The lowest BCUT2D eigenvalue weighted by Gasteiger charge is -2.11. The molecule has 1 aromatic heterocycles. The minimum atomic E-state index is -0.486. The van der Waals surface area contributed by atoms with Crippen LogP contribution in [0.3, 0.4) is 0 Å². The van der Waals surface area contributed by atoms with Crippen LogP contribution in [0.2, 0.25) is 5.02 Å². The maximum Gasteiger partial charge on any atom is 0.315 e. The Balaban J connectivity index is 1.74. The first-order chi connectivity index (χ1) is 13.5. The van der Waals surface area contributed by atoms with Gasteiger partial charge >= 0.3 is 5.56 Å². The average molecular weight is 420 g/mol. The van der Waals surface area contributed by atoms with E-state index in [0.717, 1.165) is 10.2 Å². The second kappa shape index (κ2) is 8.85. The summed E-state index contributed by atoms with van der Waals surface area (Å²) in [6.07, 6.45) is 0. The molecule has 0 aliphatic carbocycles. The van der Waals surface area contributed by atoms with Gasteiger partial charge in [0.05, 0.1) is 14.2 Å². The lowest BCUT2D eigenvalue weighted by atomic mass is 10.2. The van der Waals surface area contributed by atoms with E-state index in [2.05, 4.69) is 15.5 Å². The maximum atomic E-state index is 12.5. The fraction of sp³-hybridized carbons (Fsp3) is 0.167. The highest BCUT2D eigenvalue weighted by Gasteiger charge is 2.12. The number of hydrogen-bond donors (Lipinski definition) is 2. The minimum absolute atomic E-state index is 0.0280. The van der Waals surface area contributed by atoms with Gasteiger partial charge < -0.3 is 20.6 Å². The van der Waals surface area contributed by atoms with Crippen LogP contribution in [-0.2, 0) is 5.75 Å². The molecule has 0 atom stereocenters. The summed E-state index contributed by atoms with van der Waals surface area (Å²) in [5, 5.41) is 11.8. The molecule has 146 valence electrons. The van der Waals surface area contributed by atoms with Gasteiger partial charge in [-0.25, -0.2) is 0 Å². The molecule has 3 aromatic rings. The fourth-order valence-electron chi connectivity index (χ4n) is 2.35. The van der Waals surface area contributed by atoms with Crippen molar-refractivity contribution >= 4 is 34.9 Å². The van der Waals surface area contributed by atoms with Crippen molar-refractivity contribution in [3.05, 3.63) is 63.4 Å². The summed E-state index contributed by atoms with van der Waals surface area (Å²) in [7, 11) is 3.15. The third-order valence-electron chi connectivity index (χ3n) is 3.79. The molecule has 0 fully saturated rings. The van der Waals surface area contributed by atoms with Crippen LogP contribution in [0, 0.1) is 0 Å². The highest BCUT2D eigenvalue weighted by molar-refractivity contribution is 7.98. The molecule has 0 amide bonds. The average Bonchev–Trinajstić information content (AvgIpc) is 2.72. The topological polar surface area (TPSA) is 104 Å². The van der Waals surface area contributed by atoms with Crippen LogP contribution in [0.15, 0.2) is 52.4 Å². The van der Waals surface area contributed by atoms with E-state index in [0.29, 0.717) is 33.1 Å². The lowest BCUT2D eigenvalue weighted by Crippen LogP contribution is -2.32. The summed E-state index contributed by atoms with van der Waals surface area (Å²) in [5.41, 5.74) is 1.13. The number of ether oxygens (including phenoxy) is 2. The van der Waals surface area contributed by atoms with Gasteiger partial charge in [0.1, 0.15) is 0 Å². The van der Waals surface area contributed by atoms with Crippen LogP contribution in [0.4, 0.5) is 11.5 Å². The van der Waals surface area contributed by atoms with Gasteiger partial charge in [0.2, 0.25) is 11.0 Å². The minimum Gasteiger partial charge on any atom is -0.493 e. The van der Waals surface area contributed by atoms with E-state index in [9.17, 15) is 4.79 Å². The van der Waals surface area contributed by atoms with Gasteiger partial charge in [-0.15, -0.1) is 10.2 Å². The number of nitrogens with two attached hydrogens (primary N) is 1. The number of nitrogen functional groups attached to an aromatic ring is 1. The number of anilines is 2. The molecular formula is C18H18ClN5O3S. The normalized spacial score (nSPS) is 10.5. The number of nitrogens with one attached hydrogen (secondary N) is 1. The summed E-state index contributed by atoms with van der Waals surface area (Å²) < 4.78 is 11.5. The Bertz CT molecular complexity index is 1030. The summed E-state index contributed by atoms with van der Waals surface area (Å²) in [6.45, 7) is 0. The second-order valence-electron chi connectivity index (χ2n) is 5.62. The van der Waals surface area contributed by atoms with Crippen LogP contribution in [0.5, 0.6) is 11.5 Å². The second-order valence-corrected chi connectivity index (χ2v) is 7.00. The lowest BCUT2D eigenvalue weighted by molar-refractivity contribution is 0.354. The van der Waals surface area contributed by atoms with E-state index in [1.165, 1.54) is 11.8 Å². The summed E-state index contributed by atoms with van der Waals surface area (Å²) >= 11 is 7.14. The van der Waals surface area contributed by atoms with Crippen molar-refractivity contribution in [2.45, 2.75) is 10.9 Å². The van der Waals surface area contributed by atoms with Crippen molar-refractivity contribution in [1.82, 2.24) is 14.9 Å². The molecule has 0 aliphatic heterocycles. The van der Waals surface area contributed by atoms with E-state index in [1.54, 1.807) is 38.5 Å². The summed E-state index contributed by atoms with van der Waals surface area (Å²) in [5.74, 6) is 7.72. The van der Waals surface area contributed by atoms with Crippen molar-refractivity contribution in [1.29, 1.82) is 0 Å². The fourth-order valence-corrected chi connectivity index (χ4v) is 3.27. The van der Waals surface area contributed by atoms with Gasteiger partial charge in [0.25, 0.3) is 0 Å². The van der Waals surface area contributed by atoms with Gasteiger partial charge in [0, 0.05) is 16.5 Å². The Hall–Kier alpha value is -2.91. The molecule has 2 aromatic carbocycles. The number of nitrogens with zero attached hydrogens (tertiary/aromatic N) is 3. The van der Waals surface area contributed by atoms with Crippen LogP contribution in [0.25, 0.3) is 0 Å². The highest BCUT2D eigenvalue weighted by atomic mass is 35.5. The predicted molar refractivity (Wildman–Crippen MR) is 110 cm³/mol. The maximum absolute atomic E-state index is 12.5. The van der Waals surface area contributed by atoms with Gasteiger partial charge in [-0.3, -0.25) is 4.79 Å². The third kappa shape index (κ3) is 4.49.